The van der Waals surface area contributed by atoms with Gasteiger partial charge in [-0.2, -0.15) is 0 Å². The lowest BCUT2D eigenvalue weighted by Crippen LogP contribution is -2.74. The zero-order valence-electron chi connectivity index (χ0n) is 30.3. The van der Waals surface area contributed by atoms with E-state index in [2.05, 4.69) is 206 Å². The van der Waals surface area contributed by atoms with Gasteiger partial charge in [-0.1, -0.05) is 183 Å². The second kappa shape index (κ2) is 12.4. The summed E-state index contributed by atoms with van der Waals surface area (Å²) >= 11 is 0. The van der Waals surface area contributed by atoms with E-state index in [1.165, 1.54) is 70.5 Å². The van der Waals surface area contributed by atoms with Gasteiger partial charge in [0.05, 0.1) is 11.0 Å². The highest BCUT2D eigenvalue weighted by Crippen LogP contribution is 2.35. The van der Waals surface area contributed by atoms with E-state index >= 15 is 0 Å². The largest absolute Gasteiger partial charge is 0.310 e. The third-order valence-electron chi connectivity index (χ3n) is 12.0. The minimum absolute atomic E-state index is 1.06. The first-order chi connectivity index (χ1) is 26.1. The van der Waals surface area contributed by atoms with Gasteiger partial charge in [0.1, 0.15) is 8.07 Å². The van der Waals surface area contributed by atoms with E-state index in [4.69, 9.17) is 0 Å². The average molecular weight is 712 g/mol. The van der Waals surface area contributed by atoms with Crippen LogP contribution >= 0.6 is 0 Å². The molecule has 0 saturated carbocycles. The van der Waals surface area contributed by atoms with Gasteiger partial charge in [-0.15, -0.1) is 0 Å². The summed E-state index contributed by atoms with van der Waals surface area (Å²) in [6.07, 6.45) is 9.19. The summed E-state index contributed by atoms with van der Waals surface area (Å²) in [6, 6.07) is 64.9. The Morgan fingerprint density at radius 2 is 1.15 bits per heavy atom. The topological polar surface area (TPSA) is 4.93 Å². The van der Waals surface area contributed by atoms with Crippen molar-refractivity contribution in [1.82, 2.24) is 4.57 Å². The van der Waals surface area contributed by atoms with Gasteiger partial charge in [0, 0.05) is 16.5 Å². The van der Waals surface area contributed by atoms with Gasteiger partial charge in [-0.3, -0.25) is 0 Å². The van der Waals surface area contributed by atoms with Crippen LogP contribution in [0.25, 0.3) is 49.8 Å². The fourth-order valence-electron chi connectivity index (χ4n) is 9.53. The number of hydrogen-bond acceptors (Lipinski definition) is 0. The summed E-state index contributed by atoms with van der Waals surface area (Å²) in [5.41, 5.74) is 9.21. The van der Waals surface area contributed by atoms with Crippen LogP contribution in [-0.2, 0) is 0 Å². The highest BCUT2D eigenvalue weighted by atomic mass is 28.3. The molecule has 0 bridgehead atoms. The van der Waals surface area contributed by atoms with Crippen LogP contribution in [0.1, 0.15) is 12.8 Å². The first-order valence-electron chi connectivity index (χ1n) is 18.9. The van der Waals surface area contributed by atoms with Crippen LogP contribution < -0.4 is 31.1 Å². The highest BCUT2D eigenvalue weighted by Gasteiger charge is 2.43. The number of para-hydroxylation sites is 1. The number of allylic oxidation sites excluding steroid dienone is 4. The van der Waals surface area contributed by atoms with Gasteiger partial charge in [-0.05, 0) is 84.4 Å². The Morgan fingerprint density at radius 3 is 1.92 bits per heavy atom. The fraction of sp³-hybridized carbons (Fsp3) is 0.0800. The smallest absolute Gasteiger partial charge is 0.180 e. The second-order valence-electron chi connectivity index (χ2n) is 15.2. The molecule has 0 N–H and O–H groups in total. The molecule has 53 heavy (non-hydrogen) atoms. The van der Waals surface area contributed by atoms with E-state index in [0.717, 1.165) is 12.8 Å². The van der Waals surface area contributed by atoms with Gasteiger partial charge >= 0.3 is 0 Å². The Labute approximate surface area is 314 Å². The predicted octanol–water partition coefficient (Wildman–Crippen LogP) is 8.83. The number of rotatable bonds is 6. The van der Waals surface area contributed by atoms with Gasteiger partial charge < -0.3 is 4.57 Å². The summed E-state index contributed by atoms with van der Waals surface area (Å²) in [6.45, 7) is 5.02. The van der Waals surface area contributed by atoms with Crippen LogP contribution in [-0.4, -0.2) is 20.7 Å². The summed E-state index contributed by atoms with van der Waals surface area (Å²) in [5.74, 6) is 0. The normalized spacial score (nSPS) is 14.6. The lowest BCUT2D eigenvalue weighted by atomic mass is 10.0. The number of nitrogens with zero attached hydrogens (tertiary/aromatic N) is 1. The number of benzene rings is 7. The lowest BCUT2D eigenvalue weighted by Gasteiger charge is -2.35. The number of fused-ring (bicyclic) bond motifs is 6. The summed E-state index contributed by atoms with van der Waals surface area (Å²) in [4.78, 5) is 0. The van der Waals surface area contributed by atoms with Crippen LogP contribution in [0, 0.1) is 0 Å². The molecule has 0 radical (unpaired) electrons. The molecule has 0 saturated heterocycles. The van der Waals surface area contributed by atoms with E-state index in [-0.39, 0.29) is 0 Å². The monoisotopic (exact) mass is 711 g/mol. The predicted molar refractivity (Wildman–Crippen MR) is 233 cm³/mol. The summed E-state index contributed by atoms with van der Waals surface area (Å²) in [7, 11) is -4.75. The summed E-state index contributed by atoms with van der Waals surface area (Å²) < 4.78 is 2.50. The van der Waals surface area contributed by atoms with Crippen molar-refractivity contribution in [3.63, 3.8) is 0 Å². The molecule has 1 nitrogen and oxygen atoms in total. The van der Waals surface area contributed by atoms with Gasteiger partial charge in [0.2, 0.25) is 0 Å². The Hall–Kier alpha value is -5.75. The van der Waals surface area contributed by atoms with E-state index in [1.807, 2.05) is 0 Å². The maximum Gasteiger partial charge on any atom is 0.180 e. The van der Waals surface area contributed by atoms with Crippen LogP contribution in [0.3, 0.4) is 0 Å². The SMILES string of the molecule is C[Si]1(C)c2ccccc2-c2ccc(-c3cccc([Si](c4ccccc4)(c4ccccc4)c4cccc5c4c4ccccc4n5C4=CCCC=C4)c3)cc21. The fourth-order valence-corrected chi connectivity index (χ4v) is 17.7. The van der Waals surface area contributed by atoms with Crippen LogP contribution in [0.4, 0.5) is 0 Å². The van der Waals surface area contributed by atoms with Crippen molar-refractivity contribution < 1.29 is 0 Å². The van der Waals surface area contributed by atoms with Crippen LogP contribution in [0.5, 0.6) is 0 Å². The zero-order chi connectivity index (χ0) is 35.6. The summed E-state index contributed by atoms with van der Waals surface area (Å²) in [5, 5.41) is 11.4. The minimum Gasteiger partial charge on any atom is -0.310 e. The molecule has 0 fully saturated rings. The van der Waals surface area contributed by atoms with Crippen LogP contribution in [0.2, 0.25) is 13.1 Å². The molecule has 0 atom stereocenters. The Bertz CT molecular complexity index is 2710. The third kappa shape index (κ3) is 4.81. The molecule has 1 aliphatic carbocycles. The van der Waals surface area contributed by atoms with Crippen molar-refractivity contribution in [3.8, 4) is 22.3 Å². The standard InChI is InChI=1S/C50H41NSi2/c1-52(2)47-30-15-13-26-42(47)43-33-32-37(35-49(43)52)36-18-16-25-41(34-36)53(39-21-8-4-9-22-39,40-23-10-5-11-24-40)48-31-17-29-46-50(48)44-27-12-14-28-45(44)51(46)38-19-6-3-7-20-38/h4-6,8-35H,3,7H2,1-2H3. The van der Waals surface area contributed by atoms with Crippen molar-refractivity contribution >= 4 is 74.8 Å². The van der Waals surface area contributed by atoms with Crippen molar-refractivity contribution in [2.24, 2.45) is 0 Å². The molecule has 1 aromatic heterocycles. The number of aromatic nitrogens is 1. The number of hydrogen-bond donors (Lipinski definition) is 0. The molecule has 0 spiro atoms. The van der Waals surface area contributed by atoms with E-state index < -0.39 is 16.1 Å². The average Bonchev–Trinajstić information content (AvgIpc) is 3.68. The molecule has 10 rings (SSSR count). The molecule has 3 heteroatoms. The molecule has 2 aliphatic rings. The van der Waals surface area contributed by atoms with E-state index in [1.54, 1.807) is 10.4 Å². The third-order valence-corrected chi connectivity index (χ3v) is 20.3. The van der Waals surface area contributed by atoms with Crippen molar-refractivity contribution in [1.29, 1.82) is 0 Å². The Morgan fingerprint density at radius 1 is 0.509 bits per heavy atom. The van der Waals surface area contributed by atoms with Gasteiger partial charge in [0.15, 0.2) is 8.07 Å². The lowest BCUT2D eigenvalue weighted by molar-refractivity contribution is 1.02. The first-order valence-corrected chi connectivity index (χ1v) is 23.9. The molecule has 7 aromatic carbocycles. The van der Waals surface area contributed by atoms with Crippen molar-refractivity contribution in [2.75, 3.05) is 0 Å². The first kappa shape index (κ1) is 31.9. The molecular weight excluding hydrogens is 671 g/mol. The van der Waals surface area contributed by atoms with E-state index in [0.29, 0.717) is 0 Å². The highest BCUT2D eigenvalue weighted by molar-refractivity contribution is 7.21. The molecular formula is C50H41NSi2. The van der Waals surface area contributed by atoms with Crippen molar-refractivity contribution in [3.05, 3.63) is 188 Å². The second-order valence-corrected chi connectivity index (χ2v) is 23.3. The maximum atomic E-state index is 2.54. The molecule has 2 heterocycles. The Kier molecular flexibility index (Phi) is 7.50. The quantitative estimate of drug-likeness (QED) is 0.120. The molecule has 0 unspecified atom stereocenters. The van der Waals surface area contributed by atoms with Crippen LogP contribution in [0.15, 0.2) is 188 Å². The van der Waals surface area contributed by atoms with Gasteiger partial charge in [0.25, 0.3) is 0 Å². The maximum absolute atomic E-state index is 2.92. The van der Waals surface area contributed by atoms with Gasteiger partial charge in [-0.25, -0.2) is 0 Å². The zero-order valence-corrected chi connectivity index (χ0v) is 32.3. The van der Waals surface area contributed by atoms with E-state index in [9.17, 15) is 0 Å². The Balaban J connectivity index is 1.27. The molecule has 0 amide bonds. The molecule has 8 aromatic rings. The molecule has 254 valence electrons. The molecule has 1 aliphatic heterocycles. The van der Waals surface area contributed by atoms with Crippen molar-refractivity contribution in [2.45, 2.75) is 25.9 Å². The minimum atomic E-state index is -2.92.